The molecule has 0 unspecified atom stereocenters. The van der Waals surface area contributed by atoms with E-state index in [0.29, 0.717) is 22.9 Å². The minimum atomic E-state index is -0.341. The van der Waals surface area contributed by atoms with E-state index < -0.39 is 0 Å². The Kier molecular flexibility index (Phi) is 4.84. The predicted molar refractivity (Wildman–Crippen MR) is 95.1 cm³/mol. The molecule has 0 radical (unpaired) electrons. The fourth-order valence-corrected chi connectivity index (χ4v) is 2.69. The average molecular weight is 337 g/mol. The van der Waals surface area contributed by atoms with Gasteiger partial charge in [0.15, 0.2) is 11.5 Å². The first-order valence-corrected chi connectivity index (χ1v) is 8.13. The summed E-state index contributed by atoms with van der Waals surface area (Å²) in [4.78, 5) is 24.5. The SMILES string of the molecule is CCCc1ccc(Oc2ccc(N3C(=O)C=CC3=O)cc2)c(OC)c1. The van der Waals surface area contributed by atoms with Crippen molar-refractivity contribution >= 4 is 17.5 Å². The van der Waals surface area contributed by atoms with E-state index >= 15 is 0 Å². The molecule has 0 aliphatic carbocycles. The summed E-state index contributed by atoms with van der Waals surface area (Å²) in [6.07, 6.45) is 4.57. The number of carbonyl (C=O) groups excluding carboxylic acids is 2. The third-order valence-electron chi connectivity index (χ3n) is 3.90. The van der Waals surface area contributed by atoms with Crippen molar-refractivity contribution in [3.63, 3.8) is 0 Å². The van der Waals surface area contributed by atoms with E-state index in [-0.39, 0.29) is 11.8 Å². The maximum Gasteiger partial charge on any atom is 0.258 e. The lowest BCUT2D eigenvalue weighted by atomic mass is 10.1. The molecule has 25 heavy (non-hydrogen) atoms. The van der Waals surface area contributed by atoms with Crippen LogP contribution in [-0.4, -0.2) is 18.9 Å². The summed E-state index contributed by atoms with van der Waals surface area (Å²) < 4.78 is 11.3. The van der Waals surface area contributed by atoms with E-state index in [4.69, 9.17) is 9.47 Å². The van der Waals surface area contributed by atoms with Crippen molar-refractivity contribution in [2.75, 3.05) is 12.0 Å². The third kappa shape index (κ3) is 3.55. The number of methoxy groups -OCH3 is 1. The summed E-state index contributed by atoms with van der Waals surface area (Å²) in [5.41, 5.74) is 1.71. The third-order valence-corrected chi connectivity index (χ3v) is 3.90. The minimum Gasteiger partial charge on any atom is -0.493 e. The van der Waals surface area contributed by atoms with Crippen LogP contribution in [0.2, 0.25) is 0 Å². The van der Waals surface area contributed by atoms with E-state index in [1.165, 1.54) is 17.7 Å². The molecule has 0 atom stereocenters. The van der Waals surface area contributed by atoms with Gasteiger partial charge in [-0.1, -0.05) is 19.4 Å². The number of anilines is 1. The number of rotatable bonds is 6. The summed E-state index contributed by atoms with van der Waals surface area (Å²) in [7, 11) is 1.61. The van der Waals surface area contributed by atoms with Crippen LogP contribution < -0.4 is 14.4 Å². The Morgan fingerprint density at radius 2 is 1.60 bits per heavy atom. The van der Waals surface area contributed by atoms with Crippen LogP contribution in [-0.2, 0) is 16.0 Å². The molecule has 1 aliphatic rings. The molecule has 0 saturated heterocycles. The molecule has 128 valence electrons. The first kappa shape index (κ1) is 16.8. The molecule has 2 aromatic carbocycles. The summed E-state index contributed by atoms with van der Waals surface area (Å²) in [5.74, 6) is 1.20. The molecule has 2 aromatic rings. The first-order chi connectivity index (χ1) is 12.1. The van der Waals surface area contributed by atoms with Gasteiger partial charge in [0.1, 0.15) is 5.75 Å². The van der Waals surface area contributed by atoms with Gasteiger partial charge in [0.25, 0.3) is 11.8 Å². The van der Waals surface area contributed by atoms with Crippen LogP contribution in [0.5, 0.6) is 17.2 Å². The molecule has 1 heterocycles. The molecule has 0 N–H and O–H groups in total. The number of benzene rings is 2. The zero-order valence-corrected chi connectivity index (χ0v) is 14.2. The Labute approximate surface area is 146 Å². The summed E-state index contributed by atoms with van der Waals surface area (Å²) in [5, 5.41) is 0. The van der Waals surface area contributed by atoms with Crippen LogP contribution in [0.15, 0.2) is 54.6 Å². The van der Waals surface area contributed by atoms with Crippen LogP contribution in [0.3, 0.4) is 0 Å². The smallest absolute Gasteiger partial charge is 0.258 e. The van der Waals surface area contributed by atoms with Crippen LogP contribution >= 0.6 is 0 Å². The number of hydrogen-bond donors (Lipinski definition) is 0. The maximum atomic E-state index is 11.7. The molecule has 0 spiro atoms. The fourth-order valence-electron chi connectivity index (χ4n) is 2.69. The molecular weight excluding hydrogens is 318 g/mol. The van der Waals surface area contributed by atoms with Crippen molar-refractivity contribution in [3.8, 4) is 17.2 Å². The lowest BCUT2D eigenvalue weighted by Gasteiger charge is -2.15. The zero-order valence-electron chi connectivity index (χ0n) is 14.2. The van der Waals surface area contributed by atoms with Gasteiger partial charge in [-0.2, -0.15) is 0 Å². The Bertz CT molecular complexity index is 806. The number of ether oxygens (including phenoxy) is 2. The van der Waals surface area contributed by atoms with Gasteiger partial charge in [-0.15, -0.1) is 0 Å². The molecule has 5 nitrogen and oxygen atoms in total. The Morgan fingerprint density at radius 1 is 0.920 bits per heavy atom. The van der Waals surface area contributed by atoms with Crippen LogP contribution in [0.1, 0.15) is 18.9 Å². The van der Waals surface area contributed by atoms with Crippen LogP contribution in [0.4, 0.5) is 5.69 Å². The predicted octanol–water partition coefficient (Wildman–Crippen LogP) is 3.87. The second-order valence-electron chi connectivity index (χ2n) is 5.68. The topological polar surface area (TPSA) is 55.8 Å². The quantitative estimate of drug-likeness (QED) is 0.751. The van der Waals surface area contributed by atoms with Crippen molar-refractivity contribution in [2.24, 2.45) is 0 Å². The molecule has 0 saturated carbocycles. The zero-order chi connectivity index (χ0) is 17.8. The van der Waals surface area contributed by atoms with Gasteiger partial charge in [0.2, 0.25) is 0 Å². The number of carbonyl (C=O) groups is 2. The molecule has 0 fully saturated rings. The highest BCUT2D eigenvalue weighted by atomic mass is 16.5. The molecule has 0 aromatic heterocycles. The monoisotopic (exact) mass is 337 g/mol. The van der Waals surface area contributed by atoms with E-state index in [2.05, 4.69) is 6.92 Å². The maximum absolute atomic E-state index is 11.7. The number of amides is 2. The fraction of sp³-hybridized carbons (Fsp3) is 0.200. The lowest BCUT2D eigenvalue weighted by Crippen LogP contribution is -2.29. The number of aryl methyl sites for hydroxylation is 1. The number of nitrogens with zero attached hydrogens (tertiary/aromatic N) is 1. The Balaban J connectivity index is 1.78. The lowest BCUT2D eigenvalue weighted by molar-refractivity contribution is -0.119. The van der Waals surface area contributed by atoms with Crippen LogP contribution in [0.25, 0.3) is 0 Å². The molecule has 3 rings (SSSR count). The molecule has 5 heteroatoms. The van der Waals surface area contributed by atoms with Crippen LogP contribution in [0, 0.1) is 0 Å². The van der Waals surface area contributed by atoms with Gasteiger partial charge in [0, 0.05) is 12.2 Å². The summed E-state index contributed by atoms with van der Waals surface area (Å²) >= 11 is 0. The highest BCUT2D eigenvalue weighted by Gasteiger charge is 2.24. The highest BCUT2D eigenvalue weighted by Crippen LogP contribution is 2.33. The minimum absolute atomic E-state index is 0.341. The van der Waals surface area contributed by atoms with E-state index in [1.807, 2.05) is 18.2 Å². The normalized spacial score (nSPS) is 13.4. The molecule has 0 bridgehead atoms. The standard InChI is InChI=1S/C20H19NO4/c1-3-4-14-5-10-17(18(13-14)24-2)25-16-8-6-15(7-9-16)21-19(22)11-12-20(21)23/h5-13H,3-4H2,1-2H3. The highest BCUT2D eigenvalue weighted by molar-refractivity contribution is 6.28. The largest absolute Gasteiger partial charge is 0.493 e. The van der Waals surface area contributed by atoms with Crippen molar-refractivity contribution in [2.45, 2.75) is 19.8 Å². The Morgan fingerprint density at radius 3 is 2.20 bits per heavy atom. The molecule has 2 amide bonds. The molecule has 1 aliphatic heterocycles. The number of hydrogen-bond acceptors (Lipinski definition) is 4. The van der Waals surface area contributed by atoms with Crippen molar-refractivity contribution in [1.82, 2.24) is 0 Å². The van der Waals surface area contributed by atoms with Crippen molar-refractivity contribution in [1.29, 1.82) is 0 Å². The van der Waals surface area contributed by atoms with Gasteiger partial charge < -0.3 is 9.47 Å². The average Bonchev–Trinajstić information content (AvgIpc) is 2.96. The number of imide groups is 1. The van der Waals surface area contributed by atoms with Crippen molar-refractivity contribution in [3.05, 3.63) is 60.2 Å². The Hall–Kier alpha value is -3.08. The van der Waals surface area contributed by atoms with Gasteiger partial charge in [-0.3, -0.25) is 9.59 Å². The van der Waals surface area contributed by atoms with Crippen molar-refractivity contribution < 1.29 is 19.1 Å². The summed E-state index contributed by atoms with van der Waals surface area (Å²) in [6, 6.07) is 12.7. The van der Waals surface area contributed by atoms with E-state index in [1.54, 1.807) is 31.4 Å². The van der Waals surface area contributed by atoms with Gasteiger partial charge in [0.05, 0.1) is 12.8 Å². The second-order valence-corrected chi connectivity index (χ2v) is 5.68. The summed E-state index contributed by atoms with van der Waals surface area (Å²) in [6.45, 7) is 2.13. The van der Waals surface area contributed by atoms with E-state index in [9.17, 15) is 9.59 Å². The van der Waals surface area contributed by atoms with Gasteiger partial charge >= 0.3 is 0 Å². The molecular formula is C20H19NO4. The van der Waals surface area contributed by atoms with Gasteiger partial charge in [-0.05, 0) is 48.4 Å². The second kappa shape index (κ2) is 7.21. The van der Waals surface area contributed by atoms with Gasteiger partial charge in [-0.25, -0.2) is 4.90 Å². The van der Waals surface area contributed by atoms with E-state index in [0.717, 1.165) is 17.7 Å². The first-order valence-electron chi connectivity index (χ1n) is 8.13.